The van der Waals surface area contributed by atoms with E-state index < -0.39 is 16.1 Å². The summed E-state index contributed by atoms with van der Waals surface area (Å²) in [4.78, 5) is 4.68. The fraction of sp³-hybridized carbons (Fsp3) is 0.333. The first-order valence-electron chi connectivity index (χ1n) is 9.70. The Labute approximate surface area is 170 Å². The molecule has 1 aliphatic rings. The van der Waals surface area contributed by atoms with E-state index in [0.29, 0.717) is 36.1 Å². The van der Waals surface area contributed by atoms with Crippen LogP contribution in [0.2, 0.25) is 0 Å². The molecule has 1 saturated heterocycles. The highest BCUT2D eigenvalue weighted by Gasteiger charge is 2.26. The smallest absolute Gasteiger partial charge is 0.267 e. The van der Waals surface area contributed by atoms with E-state index in [1.807, 2.05) is 37.3 Å². The number of aromatic nitrogens is 2. The van der Waals surface area contributed by atoms with E-state index in [-0.39, 0.29) is 4.90 Å². The number of rotatable bonds is 6. The van der Waals surface area contributed by atoms with Crippen molar-refractivity contribution in [1.29, 1.82) is 0 Å². The van der Waals surface area contributed by atoms with Crippen LogP contribution in [0.1, 0.15) is 38.2 Å². The lowest BCUT2D eigenvalue weighted by atomic mass is 10.2. The van der Waals surface area contributed by atoms with Crippen LogP contribution in [0, 0.1) is 0 Å². The third-order valence-electron chi connectivity index (χ3n) is 4.91. The molecule has 4 rings (SSSR count). The van der Waals surface area contributed by atoms with Gasteiger partial charge < -0.3 is 9.26 Å². The maximum absolute atomic E-state index is 12.8. The van der Waals surface area contributed by atoms with Crippen LogP contribution in [0.15, 0.2) is 64.0 Å². The Morgan fingerprint density at radius 1 is 1.00 bits per heavy atom. The molecular weight excluding hydrogens is 390 g/mol. The lowest BCUT2D eigenvalue weighted by Gasteiger charge is -2.25. The molecule has 0 N–H and O–H groups in total. The number of hydrogen-bond donors (Lipinski definition) is 0. The molecule has 0 amide bonds. The van der Waals surface area contributed by atoms with Gasteiger partial charge in [0.25, 0.3) is 5.89 Å². The summed E-state index contributed by atoms with van der Waals surface area (Å²) in [6, 6.07) is 16.0. The molecule has 29 heavy (non-hydrogen) atoms. The fourth-order valence-electron chi connectivity index (χ4n) is 3.30. The second-order valence-corrected chi connectivity index (χ2v) is 8.96. The number of nitrogens with zero attached hydrogens (tertiary/aromatic N) is 3. The molecule has 2 aromatic carbocycles. The van der Waals surface area contributed by atoms with Gasteiger partial charge in [-0.2, -0.15) is 9.29 Å². The summed E-state index contributed by atoms with van der Waals surface area (Å²) in [7, 11) is -3.45. The Morgan fingerprint density at radius 3 is 2.38 bits per heavy atom. The van der Waals surface area contributed by atoms with Gasteiger partial charge in [-0.05, 0) is 56.2 Å². The molecule has 1 aromatic heterocycles. The average molecular weight is 413 g/mol. The lowest BCUT2D eigenvalue weighted by Crippen LogP contribution is -2.35. The Bertz CT molecular complexity index is 1040. The molecule has 1 unspecified atom stereocenters. The summed E-state index contributed by atoms with van der Waals surface area (Å²) in [5.41, 5.74) is 0.685. The average Bonchev–Trinajstić information content (AvgIpc) is 3.26. The van der Waals surface area contributed by atoms with Crippen LogP contribution in [0.25, 0.3) is 11.4 Å². The summed E-state index contributed by atoms with van der Waals surface area (Å²) >= 11 is 0. The maximum Gasteiger partial charge on any atom is 0.267 e. The van der Waals surface area contributed by atoms with E-state index in [1.54, 1.807) is 28.6 Å². The van der Waals surface area contributed by atoms with Crippen LogP contribution in [0.5, 0.6) is 5.75 Å². The standard InChI is InChI=1S/C21H23N3O4S/c1-16(27-18-8-4-2-5-9-18)21-22-20(23-28-21)17-10-12-19(13-11-17)29(25,26)24-14-6-3-7-15-24/h2,4-5,8-13,16H,3,6-7,14-15H2,1H3. The number of piperidine rings is 1. The Balaban J connectivity index is 1.48. The van der Waals surface area contributed by atoms with Gasteiger partial charge in [0, 0.05) is 18.7 Å². The summed E-state index contributed by atoms with van der Waals surface area (Å²) in [5, 5.41) is 4.00. The zero-order valence-electron chi connectivity index (χ0n) is 16.2. The highest BCUT2D eigenvalue weighted by Crippen LogP contribution is 2.25. The zero-order valence-corrected chi connectivity index (χ0v) is 17.0. The van der Waals surface area contributed by atoms with Gasteiger partial charge in [0.05, 0.1) is 4.90 Å². The Kier molecular flexibility index (Phi) is 5.64. The van der Waals surface area contributed by atoms with Crippen molar-refractivity contribution in [3.05, 3.63) is 60.5 Å². The van der Waals surface area contributed by atoms with Crippen molar-refractivity contribution in [2.24, 2.45) is 0 Å². The Morgan fingerprint density at radius 2 is 1.69 bits per heavy atom. The predicted molar refractivity (Wildman–Crippen MR) is 108 cm³/mol. The number of para-hydroxylation sites is 1. The Hall–Kier alpha value is -2.71. The molecular formula is C21H23N3O4S. The first-order chi connectivity index (χ1) is 14.0. The van der Waals surface area contributed by atoms with Crippen LogP contribution in [-0.4, -0.2) is 36.0 Å². The highest BCUT2D eigenvalue weighted by atomic mass is 32.2. The van der Waals surface area contributed by atoms with E-state index in [4.69, 9.17) is 9.26 Å². The second kappa shape index (κ2) is 8.34. The first kappa shape index (κ1) is 19.6. The normalized spacial score (nSPS) is 16.4. The molecule has 0 saturated carbocycles. The SMILES string of the molecule is CC(Oc1ccccc1)c1nc(-c2ccc(S(=O)(=O)N3CCCCC3)cc2)no1. The van der Waals surface area contributed by atoms with Gasteiger partial charge in [-0.25, -0.2) is 8.42 Å². The van der Waals surface area contributed by atoms with Crippen LogP contribution in [0.4, 0.5) is 0 Å². The van der Waals surface area contributed by atoms with E-state index in [2.05, 4.69) is 10.1 Å². The molecule has 0 spiro atoms. The van der Waals surface area contributed by atoms with Crippen molar-refractivity contribution in [3.8, 4) is 17.1 Å². The molecule has 2 heterocycles. The summed E-state index contributed by atoms with van der Waals surface area (Å²) in [5.74, 6) is 1.46. The van der Waals surface area contributed by atoms with Crippen molar-refractivity contribution >= 4 is 10.0 Å². The number of sulfonamides is 1. The topological polar surface area (TPSA) is 85.5 Å². The van der Waals surface area contributed by atoms with Gasteiger partial charge in [-0.15, -0.1) is 0 Å². The van der Waals surface area contributed by atoms with Crippen LogP contribution in [-0.2, 0) is 10.0 Å². The molecule has 152 valence electrons. The monoisotopic (exact) mass is 413 g/mol. The van der Waals surface area contributed by atoms with E-state index in [9.17, 15) is 8.42 Å². The molecule has 8 heteroatoms. The van der Waals surface area contributed by atoms with Crippen LogP contribution >= 0.6 is 0 Å². The molecule has 7 nitrogen and oxygen atoms in total. The number of hydrogen-bond acceptors (Lipinski definition) is 6. The van der Waals surface area contributed by atoms with Gasteiger partial charge in [-0.3, -0.25) is 0 Å². The van der Waals surface area contributed by atoms with Gasteiger partial charge in [-0.1, -0.05) is 29.8 Å². The molecule has 0 bridgehead atoms. The van der Waals surface area contributed by atoms with Crippen molar-refractivity contribution in [2.75, 3.05) is 13.1 Å². The highest BCUT2D eigenvalue weighted by molar-refractivity contribution is 7.89. The molecule has 1 aliphatic heterocycles. The quantitative estimate of drug-likeness (QED) is 0.606. The van der Waals surface area contributed by atoms with Gasteiger partial charge >= 0.3 is 0 Å². The maximum atomic E-state index is 12.8. The van der Waals surface area contributed by atoms with E-state index in [1.165, 1.54) is 0 Å². The van der Waals surface area contributed by atoms with Gasteiger partial charge in [0.1, 0.15) is 5.75 Å². The molecule has 1 fully saturated rings. The summed E-state index contributed by atoms with van der Waals surface area (Å²) in [6.07, 6.45) is 2.49. The van der Waals surface area contributed by atoms with Gasteiger partial charge in [0.2, 0.25) is 15.8 Å². The van der Waals surface area contributed by atoms with Crippen LogP contribution < -0.4 is 4.74 Å². The second-order valence-electron chi connectivity index (χ2n) is 7.02. The minimum Gasteiger partial charge on any atom is -0.481 e. The zero-order chi connectivity index (χ0) is 20.3. The third-order valence-corrected chi connectivity index (χ3v) is 6.82. The summed E-state index contributed by atoms with van der Waals surface area (Å²) in [6.45, 7) is 2.99. The van der Waals surface area contributed by atoms with Crippen molar-refractivity contribution in [2.45, 2.75) is 37.2 Å². The fourth-order valence-corrected chi connectivity index (χ4v) is 4.82. The van der Waals surface area contributed by atoms with Crippen molar-refractivity contribution in [3.63, 3.8) is 0 Å². The molecule has 1 atom stereocenters. The summed E-state index contributed by atoms with van der Waals surface area (Å²) < 4.78 is 38.2. The number of benzene rings is 2. The minimum atomic E-state index is -3.45. The van der Waals surface area contributed by atoms with E-state index >= 15 is 0 Å². The number of ether oxygens (including phenoxy) is 1. The third kappa shape index (κ3) is 4.33. The minimum absolute atomic E-state index is 0.285. The van der Waals surface area contributed by atoms with Crippen LogP contribution in [0.3, 0.4) is 0 Å². The molecule has 3 aromatic rings. The van der Waals surface area contributed by atoms with Gasteiger partial charge in [0.15, 0.2) is 6.10 Å². The van der Waals surface area contributed by atoms with E-state index in [0.717, 1.165) is 19.3 Å². The van der Waals surface area contributed by atoms with Crippen molar-refractivity contribution < 1.29 is 17.7 Å². The molecule has 0 aliphatic carbocycles. The van der Waals surface area contributed by atoms with Crippen molar-refractivity contribution in [1.82, 2.24) is 14.4 Å². The molecule has 0 radical (unpaired) electrons. The predicted octanol–water partition coefficient (Wildman–Crippen LogP) is 4.05. The lowest BCUT2D eigenvalue weighted by molar-refractivity contribution is 0.176. The largest absolute Gasteiger partial charge is 0.481 e. The first-order valence-corrected chi connectivity index (χ1v) is 11.1.